The van der Waals surface area contributed by atoms with Crippen molar-refractivity contribution in [3.63, 3.8) is 0 Å². The molecule has 0 N–H and O–H groups in total. The summed E-state index contributed by atoms with van der Waals surface area (Å²) in [5.74, 6) is 0.262. The van der Waals surface area contributed by atoms with E-state index in [1.807, 2.05) is 25.1 Å². The number of alkyl halides is 1. The Kier molecular flexibility index (Phi) is 3.00. The molecule has 2 nitrogen and oxygen atoms in total. The molecule has 1 aromatic rings. The van der Waals surface area contributed by atoms with Crippen LogP contribution in [0.3, 0.4) is 0 Å². The summed E-state index contributed by atoms with van der Waals surface area (Å²) in [7, 11) is 0. The van der Waals surface area contributed by atoms with Crippen LogP contribution < -0.4 is 0 Å². The number of carbonyl (C=O) groups is 1. The topological polar surface area (TPSA) is 26.3 Å². The minimum Gasteiger partial charge on any atom is -0.465 e. The summed E-state index contributed by atoms with van der Waals surface area (Å²) >= 11 is 2.23. The molecule has 0 saturated heterocycles. The minimum atomic E-state index is -0.310. The van der Waals surface area contributed by atoms with Crippen molar-refractivity contribution in [3.8, 4) is 0 Å². The van der Waals surface area contributed by atoms with Gasteiger partial charge in [-0.3, -0.25) is 4.79 Å². The first-order chi connectivity index (χ1) is 7.18. The van der Waals surface area contributed by atoms with Crippen molar-refractivity contribution >= 4 is 28.6 Å². The molecule has 2 atom stereocenters. The van der Waals surface area contributed by atoms with Gasteiger partial charge in [-0.2, -0.15) is 0 Å². The predicted octanol–water partition coefficient (Wildman–Crippen LogP) is 2.91. The largest absolute Gasteiger partial charge is 0.465 e. The van der Waals surface area contributed by atoms with Gasteiger partial charge in [-0.15, -0.1) is 0 Å². The molecule has 0 aliphatic heterocycles. The van der Waals surface area contributed by atoms with Gasteiger partial charge in [0, 0.05) is 5.92 Å². The van der Waals surface area contributed by atoms with Crippen molar-refractivity contribution < 1.29 is 9.53 Å². The lowest BCUT2D eigenvalue weighted by atomic mass is 10.1. The van der Waals surface area contributed by atoms with Gasteiger partial charge < -0.3 is 4.74 Å². The van der Waals surface area contributed by atoms with Gasteiger partial charge in [-0.1, -0.05) is 52.9 Å². The Hall–Kier alpha value is -0.580. The van der Waals surface area contributed by atoms with Crippen molar-refractivity contribution in [3.05, 3.63) is 35.9 Å². The average molecular weight is 316 g/mol. The third-order valence-electron chi connectivity index (χ3n) is 2.71. The first-order valence-electron chi connectivity index (χ1n) is 5.09. The summed E-state index contributed by atoms with van der Waals surface area (Å²) in [4.78, 5) is 11.7. The molecular weight excluding hydrogens is 303 g/mol. The number of rotatable bonds is 3. The summed E-state index contributed by atoms with van der Waals surface area (Å²) in [6.07, 6.45) is 0.899. The summed E-state index contributed by atoms with van der Waals surface area (Å²) < 4.78 is 4.76. The van der Waals surface area contributed by atoms with Crippen LogP contribution in [0.15, 0.2) is 30.3 Å². The standard InChI is InChI=1S/C12H13IO2/c1-2-15-11(14)12(13)8-10(12)9-6-4-3-5-7-9/h3-7,10H,2,8H2,1H3/t10-,12-/m1/s1. The van der Waals surface area contributed by atoms with E-state index < -0.39 is 0 Å². The zero-order valence-electron chi connectivity index (χ0n) is 8.57. The Balaban J connectivity index is 2.09. The van der Waals surface area contributed by atoms with Gasteiger partial charge in [0.25, 0.3) is 0 Å². The molecule has 1 aliphatic rings. The highest BCUT2D eigenvalue weighted by atomic mass is 127. The lowest BCUT2D eigenvalue weighted by Gasteiger charge is -2.08. The molecule has 0 heterocycles. The summed E-state index contributed by atoms with van der Waals surface area (Å²) in [5.41, 5.74) is 1.24. The highest BCUT2D eigenvalue weighted by Gasteiger charge is 2.60. The molecule has 1 aromatic carbocycles. The normalized spacial score (nSPS) is 28.5. The molecule has 1 fully saturated rings. The Morgan fingerprint density at radius 2 is 2.20 bits per heavy atom. The molecule has 2 rings (SSSR count). The highest BCUT2D eigenvalue weighted by Crippen LogP contribution is 2.58. The molecule has 1 saturated carbocycles. The maximum atomic E-state index is 11.7. The van der Waals surface area contributed by atoms with E-state index in [0.717, 1.165) is 6.42 Å². The second kappa shape index (κ2) is 4.12. The van der Waals surface area contributed by atoms with Gasteiger partial charge in [0.1, 0.15) is 3.42 Å². The fourth-order valence-electron chi connectivity index (χ4n) is 1.78. The molecule has 0 radical (unpaired) electrons. The van der Waals surface area contributed by atoms with E-state index in [0.29, 0.717) is 12.5 Å². The Morgan fingerprint density at radius 1 is 1.53 bits per heavy atom. The first kappa shape index (κ1) is 10.9. The van der Waals surface area contributed by atoms with Crippen LogP contribution in [-0.2, 0) is 9.53 Å². The number of benzene rings is 1. The molecule has 0 amide bonds. The number of halogens is 1. The van der Waals surface area contributed by atoms with E-state index in [2.05, 4.69) is 34.7 Å². The van der Waals surface area contributed by atoms with Crippen LogP contribution in [-0.4, -0.2) is 16.0 Å². The lowest BCUT2D eigenvalue weighted by Crippen LogP contribution is -2.20. The van der Waals surface area contributed by atoms with E-state index >= 15 is 0 Å². The van der Waals surface area contributed by atoms with Gasteiger partial charge in [0.05, 0.1) is 6.61 Å². The highest BCUT2D eigenvalue weighted by molar-refractivity contribution is 14.1. The van der Waals surface area contributed by atoms with Crippen molar-refractivity contribution in [2.75, 3.05) is 6.61 Å². The fraction of sp³-hybridized carbons (Fsp3) is 0.417. The third-order valence-corrected chi connectivity index (χ3v) is 4.34. The summed E-state index contributed by atoms with van der Waals surface area (Å²) in [5, 5.41) is 0. The number of hydrogen-bond acceptors (Lipinski definition) is 2. The Bertz CT molecular complexity index is 363. The molecule has 0 bridgehead atoms. The van der Waals surface area contributed by atoms with E-state index in [9.17, 15) is 4.79 Å². The lowest BCUT2D eigenvalue weighted by molar-refractivity contribution is -0.142. The smallest absolute Gasteiger partial charge is 0.322 e. The zero-order valence-corrected chi connectivity index (χ0v) is 10.7. The SMILES string of the molecule is CCOC(=O)[C@@]1(I)C[C@@H]1c1ccccc1. The van der Waals surface area contributed by atoms with Gasteiger partial charge in [0.15, 0.2) is 0 Å². The van der Waals surface area contributed by atoms with Crippen LogP contribution in [0.1, 0.15) is 24.8 Å². The van der Waals surface area contributed by atoms with E-state index in [1.165, 1.54) is 5.56 Å². The van der Waals surface area contributed by atoms with E-state index in [4.69, 9.17) is 4.74 Å². The predicted molar refractivity (Wildman–Crippen MR) is 67.2 cm³/mol. The molecule has 80 valence electrons. The van der Waals surface area contributed by atoms with Gasteiger partial charge >= 0.3 is 5.97 Å². The van der Waals surface area contributed by atoms with Crippen molar-refractivity contribution in [1.29, 1.82) is 0 Å². The quantitative estimate of drug-likeness (QED) is 0.487. The number of carbonyl (C=O) groups excluding carboxylic acids is 1. The summed E-state index contributed by atoms with van der Waals surface area (Å²) in [6, 6.07) is 10.2. The number of ether oxygens (including phenoxy) is 1. The zero-order chi connectivity index (χ0) is 10.9. The van der Waals surface area contributed by atoms with Gasteiger partial charge in [-0.25, -0.2) is 0 Å². The van der Waals surface area contributed by atoms with Crippen molar-refractivity contribution in [2.45, 2.75) is 22.7 Å². The van der Waals surface area contributed by atoms with Crippen LogP contribution in [0, 0.1) is 0 Å². The van der Waals surface area contributed by atoms with Crippen LogP contribution >= 0.6 is 22.6 Å². The van der Waals surface area contributed by atoms with Gasteiger partial charge in [-0.05, 0) is 18.9 Å². The number of hydrogen-bond donors (Lipinski definition) is 0. The molecule has 1 aliphatic carbocycles. The number of esters is 1. The second-order valence-corrected chi connectivity index (χ2v) is 5.68. The molecule has 0 unspecified atom stereocenters. The first-order valence-corrected chi connectivity index (χ1v) is 6.17. The van der Waals surface area contributed by atoms with Crippen LogP contribution in [0.25, 0.3) is 0 Å². The molecule has 0 aromatic heterocycles. The minimum absolute atomic E-state index is 0.0700. The van der Waals surface area contributed by atoms with Crippen LogP contribution in [0.2, 0.25) is 0 Å². The maximum absolute atomic E-state index is 11.7. The van der Waals surface area contributed by atoms with Crippen molar-refractivity contribution in [1.82, 2.24) is 0 Å². The molecular formula is C12H13IO2. The van der Waals surface area contributed by atoms with Crippen LogP contribution in [0.5, 0.6) is 0 Å². The average Bonchev–Trinajstić information content (AvgIpc) is 2.94. The summed E-state index contributed by atoms with van der Waals surface area (Å²) in [6.45, 7) is 2.31. The maximum Gasteiger partial charge on any atom is 0.322 e. The third kappa shape index (κ3) is 2.02. The second-order valence-electron chi connectivity index (χ2n) is 3.75. The van der Waals surface area contributed by atoms with E-state index in [1.54, 1.807) is 0 Å². The molecule has 0 spiro atoms. The monoisotopic (exact) mass is 316 g/mol. The van der Waals surface area contributed by atoms with Crippen LogP contribution in [0.4, 0.5) is 0 Å². The fourth-order valence-corrected chi connectivity index (χ4v) is 2.74. The van der Waals surface area contributed by atoms with Crippen molar-refractivity contribution in [2.24, 2.45) is 0 Å². The Labute approximate surface area is 103 Å². The molecule has 15 heavy (non-hydrogen) atoms. The Morgan fingerprint density at radius 3 is 2.80 bits per heavy atom. The molecule has 3 heteroatoms. The van der Waals surface area contributed by atoms with E-state index in [-0.39, 0.29) is 9.39 Å². The van der Waals surface area contributed by atoms with Gasteiger partial charge in [0.2, 0.25) is 0 Å².